The van der Waals surface area contributed by atoms with Crippen LogP contribution >= 0.6 is 0 Å². The molecule has 188 valence electrons. The van der Waals surface area contributed by atoms with Gasteiger partial charge in [0.2, 0.25) is 0 Å². The molecule has 4 aliphatic carbocycles. The molecule has 4 aliphatic rings. The summed E-state index contributed by atoms with van der Waals surface area (Å²) >= 11 is 0. The highest BCUT2D eigenvalue weighted by Crippen LogP contribution is 2.65. The van der Waals surface area contributed by atoms with Crippen molar-refractivity contribution in [3.63, 3.8) is 0 Å². The molecule has 4 saturated carbocycles. The predicted molar refractivity (Wildman–Crippen MR) is 132 cm³/mol. The van der Waals surface area contributed by atoms with Gasteiger partial charge in [0.15, 0.2) is 0 Å². The van der Waals surface area contributed by atoms with Crippen molar-refractivity contribution in [3.05, 3.63) is 11.6 Å². The van der Waals surface area contributed by atoms with Crippen LogP contribution in [-0.4, -0.2) is 38.5 Å². The van der Waals surface area contributed by atoms with Crippen molar-refractivity contribution in [2.45, 2.75) is 110 Å². The molecule has 4 nitrogen and oxygen atoms in total. The minimum atomic E-state index is -0.168. The average molecular weight is 461 g/mol. The smallest absolute Gasteiger partial charge is 0.147 e. The van der Waals surface area contributed by atoms with Gasteiger partial charge in [-0.3, -0.25) is 4.79 Å². The van der Waals surface area contributed by atoms with Gasteiger partial charge in [0, 0.05) is 20.6 Å². The Balaban J connectivity index is 1.40. The lowest BCUT2D eigenvalue weighted by atomic mass is 9.60. The number of ketones is 1. The Labute approximate surface area is 202 Å². The fourth-order valence-electron chi connectivity index (χ4n) is 8.27. The highest BCUT2D eigenvalue weighted by Gasteiger charge is 2.67. The van der Waals surface area contributed by atoms with Crippen molar-refractivity contribution in [2.75, 3.05) is 21.0 Å². The molecule has 0 saturated heterocycles. The molecule has 0 aromatic rings. The molecule has 0 unspecified atom stereocenters. The SMILES string of the molecule is COCOC(C)(C)CCC[C@@H](C)[C@H]1CC[C@H]2/C(=C/[C@@H](OC)[C@]34C[C@H]3CCC4=O)CCC[C@]12C. The van der Waals surface area contributed by atoms with Gasteiger partial charge < -0.3 is 14.2 Å². The van der Waals surface area contributed by atoms with E-state index >= 15 is 0 Å². The van der Waals surface area contributed by atoms with Gasteiger partial charge in [0.05, 0.1) is 17.1 Å². The van der Waals surface area contributed by atoms with Gasteiger partial charge in [-0.25, -0.2) is 0 Å². The van der Waals surface area contributed by atoms with Gasteiger partial charge in [-0.1, -0.05) is 38.3 Å². The maximum absolute atomic E-state index is 12.7. The molecule has 0 amide bonds. The maximum atomic E-state index is 12.7. The molecular weight excluding hydrogens is 412 g/mol. The van der Waals surface area contributed by atoms with Crippen molar-refractivity contribution >= 4 is 5.78 Å². The van der Waals surface area contributed by atoms with E-state index in [0.29, 0.717) is 29.8 Å². The van der Waals surface area contributed by atoms with Crippen molar-refractivity contribution in [1.29, 1.82) is 0 Å². The molecular formula is C29H48O4. The minimum absolute atomic E-state index is 0.000607. The number of rotatable bonds is 11. The molecule has 0 spiro atoms. The second-order valence-corrected chi connectivity index (χ2v) is 12.6. The molecule has 0 bridgehead atoms. The molecule has 0 radical (unpaired) electrons. The summed E-state index contributed by atoms with van der Waals surface area (Å²) in [7, 11) is 3.50. The molecule has 0 aromatic carbocycles. The second kappa shape index (κ2) is 9.74. The van der Waals surface area contributed by atoms with Crippen LogP contribution in [0.2, 0.25) is 0 Å². The monoisotopic (exact) mass is 460 g/mol. The number of methoxy groups -OCH3 is 2. The molecule has 0 aromatic heterocycles. The number of hydrogen-bond donors (Lipinski definition) is 0. The zero-order chi connectivity index (χ0) is 23.9. The van der Waals surface area contributed by atoms with E-state index in [4.69, 9.17) is 14.2 Å². The first-order chi connectivity index (χ1) is 15.7. The van der Waals surface area contributed by atoms with Crippen LogP contribution in [0, 0.1) is 34.5 Å². The van der Waals surface area contributed by atoms with Gasteiger partial charge in [-0.15, -0.1) is 0 Å². The Morgan fingerprint density at radius 1 is 1.18 bits per heavy atom. The van der Waals surface area contributed by atoms with E-state index in [1.807, 2.05) is 7.11 Å². The van der Waals surface area contributed by atoms with E-state index in [0.717, 1.165) is 37.5 Å². The minimum Gasteiger partial charge on any atom is -0.376 e. The normalized spacial score (nSPS) is 38.9. The molecule has 4 heteroatoms. The number of fused-ring (bicyclic) bond motifs is 2. The quantitative estimate of drug-likeness (QED) is 0.254. The lowest BCUT2D eigenvalue weighted by molar-refractivity contribution is -0.126. The van der Waals surface area contributed by atoms with E-state index in [9.17, 15) is 4.79 Å². The summed E-state index contributed by atoms with van der Waals surface area (Å²) in [5.41, 5.74) is 1.72. The summed E-state index contributed by atoms with van der Waals surface area (Å²) in [5, 5.41) is 0. The van der Waals surface area contributed by atoms with Crippen LogP contribution < -0.4 is 0 Å². The van der Waals surface area contributed by atoms with Crippen LogP contribution in [0.15, 0.2) is 11.6 Å². The zero-order valence-corrected chi connectivity index (χ0v) is 22.1. The van der Waals surface area contributed by atoms with Crippen molar-refractivity contribution in [3.8, 4) is 0 Å². The molecule has 7 atom stereocenters. The Morgan fingerprint density at radius 2 is 1.97 bits per heavy atom. The Morgan fingerprint density at radius 3 is 2.61 bits per heavy atom. The summed E-state index contributed by atoms with van der Waals surface area (Å²) in [5.74, 6) is 3.23. The molecule has 0 aliphatic heterocycles. The Hall–Kier alpha value is -0.710. The van der Waals surface area contributed by atoms with Crippen LogP contribution in [0.25, 0.3) is 0 Å². The zero-order valence-electron chi connectivity index (χ0n) is 22.1. The summed E-state index contributed by atoms with van der Waals surface area (Å²) in [6.07, 6.45) is 15.4. The van der Waals surface area contributed by atoms with Crippen LogP contribution in [0.4, 0.5) is 0 Å². The van der Waals surface area contributed by atoms with Gasteiger partial charge in [0.1, 0.15) is 12.6 Å². The van der Waals surface area contributed by atoms with Crippen LogP contribution in [0.5, 0.6) is 0 Å². The third-order valence-corrected chi connectivity index (χ3v) is 10.2. The van der Waals surface area contributed by atoms with E-state index < -0.39 is 0 Å². The summed E-state index contributed by atoms with van der Waals surface area (Å²) in [6, 6.07) is 0. The average Bonchev–Trinajstić information content (AvgIpc) is 3.27. The second-order valence-electron chi connectivity index (χ2n) is 12.6. The largest absolute Gasteiger partial charge is 0.376 e. The number of allylic oxidation sites excluding steroid dienone is 1. The molecule has 4 fully saturated rings. The number of Topliss-reactive ketones (excluding diaryl/α,β-unsaturated/α-hetero) is 1. The van der Waals surface area contributed by atoms with E-state index in [-0.39, 0.29) is 17.1 Å². The lowest BCUT2D eigenvalue weighted by Gasteiger charge is -2.45. The number of carbonyl (C=O) groups is 1. The number of ether oxygens (including phenoxy) is 3. The van der Waals surface area contributed by atoms with Crippen LogP contribution in [0.1, 0.15) is 98.3 Å². The van der Waals surface area contributed by atoms with Crippen molar-refractivity contribution in [2.24, 2.45) is 34.5 Å². The van der Waals surface area contributed by atoms with Gasteiger partial charge in [0.25, 0.3) is 0 Å². The van der Waals surface area contributed by atoms with E-state index in [1.54, 1.807) is 12.7 Å². The Kier molecular flexibility index (Phi) is 7.49. The van der Waals surface area contributed by atoms with Crippen molar-refractivity contribution in [1.82, 2.24) is 0 Å². The first-order valence-corrected chi connectivity index (χ1v) is 13.6. The maximum Gasteiger partial charge on any atom is 0.147 e. The first-order valence-electron chi connectivity index (χ1n) is 13.6. The molecule has 0 N–H and O–H groups in total. The predicted octanol–water partition coefficient (Wildman–Crippen LogP) is 6.72. The standard InChI is InChI=1S/C29H48O4/c1-20(9-7-15-27(2,3)33-19-31-5)23-12-13-24-21(10-8-16-28(23,24)4)17-26(32-6)29-18-22(29)11-14-25(29)30/h17,20,22-24,26H,7-16,18-19H2,1-6H3/b21-17+/t20-,22-,23-,24+,26-,28-,29-/m1/s1. The first kappa shape index (κ1) is 25.4. The van der Waals surface area contributed by atoms with E-state index in [2.05, 4.69) is 33.8 Å². The summed E-state index contributed by atoms with van der Waals surface area (Å²) in [6.45, 7) is 9.78. The van der Waals surface area contributed by atoms with Gasteiger partial charge >= 0.3 is 0 Å². The van der Waals surface area contributed by atoms with E-state index in [1.165, 1.54) is 44.9 Å². The number of hydrogen-bond acceptors (Lipinski definition) is 4. The topological polar surface area (TPSA) is 44.8 Å². The third-order valence-electron chi connectivity index (χ3n) is 10.2. The fourth-order valence-corrected chi connectivity index (χ4v) is 8.27. The summed E-state index contributed by atoms with van der Waals surface area (Å²) < 4.78 is 16.9. The van der Waals surface area contributed by atoms with Gasteiger partial charge in [-0.2, -0.15) is 0 Å². The fraction of sp³-hybridized carbons (Fsp3) is 0.897. The van der Waals surface area contributed by atoms with Crippen molar-refractivity contribution < 1.29 is 19.0 Å². The number of carbonyl (C=O) groups excluding carboxylic acids is 1. The highest BCUT2D eigenvalue weighted by atomic mass is 16.7. The Bertz CT molecular complexity index is 742. The molecule has 0 heterocycles. The third kappa shape index (κ3) is 4.74. The van der Waals surface area contributed by atoms with Crippen LogP contribution in [-0.2, 0) is 19.0 Å². The molecule has 4 rings (SSSR count). The molecule has 33 heavy (non-hydrogen) atoms. The highest BCUT2D eigenvalue weighted by molar-refractivity contribution is 5.91. The van der Waals surface area contributed by atoms with Crippen LogP contribution in [0.3, 0.4) is 0 Å². The van der Waals surface area contributed by atoms with Gasteiger partial charge in [-0.05, 0) is 94.3 Å². The lowest BCUT2D eigenvalue weighted by Crippen LogP contribution is -2.37. The summed E-state index contributed by atoms with van der Waals surface area (Å²) in [4.78, 5) is 12.7.